The smallest absolute Gasteiger partial charge is 0.315 e. The summed E-state index contributed by atoms with van der Waals surface area (Å²) in [5.41, 5.74) is 0.830. The van der Waals surface area contributed by atoms with Crippen molar-refractivity contribution in [3.8, 4) is 11.5 Å². The van der Waals surface area contributed by atoms with Crippen LogP contribution in [0.2, 0.25) is 0 Å². The lowest BCUT2D eigenvalue weighted by Crippen LogP contribution is -2.05. The lowest BCUT2D eigenvalue weighted by Gasteiger charge is -2.03. The first-order chi connectivity index (χ1) is 7.19. The van der Waals surface area contributed by atoms with Crippen LogP contribution in [-0.4, -0.2) is 11.9 Å². The largest absolute Gasteiger partial charge is 0.426 e. The summed E-state index contributed by atoms with van der Waals surface area (Å²) < 4.78 is 9.93. The average molecular weight is 206 g/mol. The summed E-state index contributed by atoms with van der Waals surface area (Å²) in [6, 6.07) is 4.96. The maximum absolute atomic E-state index is 11.0. The zero-order valence-corrected chi connectivity index (χ0v) is 8.28. The lowest BCUT2D eigenvalue weighted by atomic mass is 10.1. The van der Waals surface area contributed by atoms with Gasteiger partial charge in [-0.15, -0.1) is 0 Å². The fourth-order valence-corrected chi connectivity index (χ4v) is 1.36. The average Bonchev–Trinajstić information content (AvgIpc) is 2.57. The van der Waals surface area contributed by atoms with Crippen molar-refractivity contribution in [1.82, 2.24) is 0 Å². The van der Waals surface area contributed by atoms with Gasteiger partial charge in [0, 0.05) is 18.1 Å². The summed E-state index contributed by atoms with van der Waals surface area (Å²) in [7, 11) is 0. The topological polar surface area (TPSA) is 52.6 Å². The second-order valence-electron chi connectivity index (χ2n) is 3.25. The first-order valence-electron chi connectivity index (χ1n) is 4.73. The molecule has 0 radical (unpaired) electrons. The van der Waals surface area contributed by atoms with E-state index in [9.17, 15) is 9.59 Å². The maximum Gasteiger partial charge on any atom is 0.315 e. The standard InChI is InChI=1S/C11H10O4/c1-2-10(12)14-8-4-3-7-5-11(13)15-9(7)6-8/h3-4,6H,2,5H2,1H3. The summed E-state index contributed by atoms with van der Waals surface area (Å²) in [5.74, 6) is 0.319. The van der Waals surface area contributed by atoms with E-state index >= 15 is 0 Å². The van der Waals surface area contributed by atoms with Crippen LogP contribution in [0.5, 0.6) is 11.5 Å². The SMILES string of the molecule is CCC(=O)Oc1ccc2c(c1)OC(=O)C2. The molecule has 0 unspecified atom stereocenters. The number of rotatable bonds is 2. The van der Waals surface area contributed by atoms with Crippen molar-refractivity contribution in [1.29, 1.82) is 0 Å². The first kappa shape index (κ1) is 9.71. The van der Waals surface area contributed by atoms with Crippen LogP contribution in [0.15, 0.2) is 18.2 Å². The van der Waals surface area contributed by atoms with E-state index in [4.69, 9.17) is 9.47 Å². The molecule has 0 amide bonds. The molecule has 2 rings (SSSR count). The minimum absolute atomic E-state index is 0.274. The van der Waals surface area contributed by atoms with Crippen molar-refractivity contribution < 1.29 is 19.1 Å². The molecule has 78 valence electrons. The van der Waals surface area contributed by atoms with E-state index in [1.54, 1.807) is 25.1 Å². The van der Waals surface area contributed by atoms with E-state index in [-0.39, 0.29) is 18.4 Å². The molecule has 1 heterocycles. The van der Waals surface area contributed by atoms with Crippen LogP contribution >= 0.6 is 0 Å². The number of fused-ring (bicyclic) bond motifs is 1. The molecule has 4 nitrogen and oxygen atoms in total. The quantitative estimate of drug-likeness (QED) is 0.543. The van der Waals surface area contributed by atoms with Crippen LogP contribution in [0.25, 0.3) is 0 Å². The molecule has 0 N–H and O–H groups in total. The molecule has 0 aromatic heterocycles. The van der Waals surface area contributed by atoms with Crippen molar-refractivity contribution in [2.75, 3.05) is 0 Å². The van der Waals surface area contributed by atoms with Crippen LogP contribution in [-0.2, 0) is 16.0 Å². The number of hydrogen-bond donors (Lipinski definition) is 0. The molecule has 4 heteroatoms. The summed E-state index contributed by atoms with van der Waals surface area (Å²) in [6.07, 6.45) is 0.605. The number of hydrogen-bond acceptors (Lipinski definition) is 4. The third-order valence-electron chi connectivity index (χ3n) is 2.12. The van der Waals surface area contributed by atoms with Gasteiger partial charge in [-0.2, -0.15) is 0 Å². The van der Waals surface area contributed by atoms with Crippen molar-refractivity contribution in [2.24, 2.45) is 0 Å². The van der Waals surface area contributed by atoms with Crippen LogP contribution in [0.4, 0.5) is 0 Å². The van der Waals surface area contributed by atoms with Crippen molar-refractivity contribution in [3.63, 3.8) is 0 Å². The number of esters is 2. The molecule has 0 bridgehead atoms. The highest BCUT2D eigenvalue weighted by Crippen LogP contribution is 2.30. The molecule has 0 saturated carbocycles. The molecule has 1 aliphatic heterocycles. The molecule has 0 atom stereocenters. The highest BCUT2D eigenvalue weighted by atomic mass is 16.5. The van der Waals surface area contributed by atoms with E-state index < -0.39 is 0 Å². The van der Waals surface area contributed by atoms with E-state index in [0.717, 1.165) is 5.56 Å². The Morgan fingerprint density at radius 2 is 2.33 bits per heavy atom. The zero-order chi connectivity index (χ0) is 10.8. The number of carbonyl (C=O) groups excluding carboxylic acids is 2. The monoisotopic (exact) mass is 206 g/mol. The molecule has 0 spiro atoms. The van der Waals surface area contributed by atoms with Crippen LogP contribution in [0.1, 0.15) is 18.9 Å². The maximum atomic E-state index is 11.0. The van der Waals surface area contributed by atoms with E-state index in [2.05, 4.69) is 0 Å². The van der Waals surface area contributed by atoms with Gasteiger partial charge in [-0.3, -0.25) is 9.59 Å². The Bertz CT molecular complexity index is 423. The third-order valence-corrected chi connectivity index (χ3v) is 2.12. The van der Waals surface area contributed by atoms with Gasteiger partial charge in [0.05, 0.1) is 6.42 Å². The Morgan fingerprint density at radius 3 is 3.07 bits per heavy atom. The lowest BCUT2D eigenvalue weighted by molar-refractivity contribution is -0.134. The van der Waals surface area contributed by atoms with Gasteiger partial charge < -0.3 is 9.47 Å². The number of benzene rings is 1. The van der Waals surface area contributed by atoms with Crippen LogP contribution in [0.3, 0.4) is 0 Å². The normalized spacial score (nSPS) is 13.3. The minimum Gasteiger partial charge on any atom is -0.426 e. The van der Waals surface area contributed by atoms with Crippen molar-refractivity contribution in [3.05, 3.63) is 23.8 Å². The van der Waals surface area contributed by atoms with Gasteiger partial charge in [0.2, 0.25) is 0 Å². The molecule has 1 aliphatic rings. The van der Waals surface area contributed by atoms with Crippen molar-refractivity contribution >= 4 is 11.9 Å². The second-order valence-corrected chi connectivity index (χ2v) is 3.25. The summed E-state index contributed by atoms with van der Waals surface area (Å²) in [6.45, 7) is 1.72. The van der Waals surface area contributed by atoms with Gasteiger partial charge in [-0.1, -0.05) is 13.0 Å². The fraction of sp³-hybridized carbons (Fsp3) is 0.273. The molecular weight excluding hydrogens is 196 g/mol. The van der Waals surface area contributed by atoms with E-state index in [1.807, 2.05) is 0 Å². The summed E-state index contributed by atoms with van der Waals surface area (Å²) in [5, 5.41) is 0. The van der Waals surface area contributed by atoms with E-state index in [0.29, 0.717) is 17.9 Å². The van der Waals surface area contributed by atoms with Crippen LogP contribution < -0.4 is 9.47 Å². The first-order valence-corrected chi connectivity index (χ1v) is 4.73. The Balaban J connectivity index is 2.20. The van der Waals surface area contributed by atoms with E-state index in [1.165, 1.54) is 0 Å². The predicted molar refractivity (Wildman–Crippen MR) is 51.7 cm³/mol. The van der Waals surface area contributed by atoms with Gasteiger partial charge in [-0.05, 0) is 6.07 Å². The third kappa shape index (κ3) is 1.98. The second kappa shape index (κ2) is 3.73. The van der Waals surface area contributed by atoms with Crippen molar-refractivity contribution in [2.45, 2.75) is 19.8 Å². The fourth-order valence-electron chi connectivity index (χ4n) is 1.36. The predicted octanol–water partition coefficient (Wildman–Crippen LogP) is 1.46. The summed E-state index contributed by atoms with van der Waals surface area (Å²) in [4.78, 5) is 22.0. The molecule has 15 heavy (non-hydrogen) atoms. The van der Waals surface area contributed by atoms with Crippen LogP contribution in [0, 0.1) is 0 Å². The Labute approximate surface area is 86.8 Å². The summed E-state index contributed by atoms with van der Waals surface area (Å²) >= 11 is 0. The van der Waals surface area contributed by atoms with Gasteiger partial charge in [-0.25, -0.2) is 0 Å². The Kier molecular flexibility index (Phi) is 2.41. The zero-order valence-electron chi connectivity index (χ0n) is 8.28. The van der Waals surface area contributed by atoms with Gasteiger partial charge in [0.25, 0.3) is 0 Å². The molecule has 0 aliphatic carbocycles. The Hall–Kier alpha value is -1.84. The van der Waals surface area contributed by atoms with Gasteiger partial charge in [0.15, 0.2) is 0 Å². The van der Waals surface area contributed by atoms with Gasteiger partial charge in [0.1, 0.15) is 11.5 Å². The molecule has 1 aromatic rings. The number of carbonyl (C=O) groups is 2. The minimum atomic E-state index is -0.306. The highest BCUT2D eigenvalue weighted by molar-refractivity contribution is 5.81. The van der Waals surface area contributed by atoms with Gasteiger partial charge >= 0.3 is 11.9 Å². The molecule has 0 fully saturated rings. The molecular formula is C11H10O4. The molecule has 0 saturated heterocycles. The number of ether oxygens (including phenoxy) is 2. The highest BCUT2D eigenvalue weighted by Gasteiger charge is 2.20. The molecule has 1 aromatic carbocycles. The Morgan fingerprint density at radius 1 is 1.53 bits per heavy atom.